The third-order valence-electron chi connectivity index (χ3n) is 3.18. The summed E-state index contributed by atoms with van der Waals surface area (Å²) in [5.74, 6) is 5.03. The highest BCUT2D eigenvalue weighted by atomic mass is 32.3. The molecule has 70 valence electrons. The highest BCUT2D eigenvalue weighted by Crippen LogP contribution is 2.66. The maximum atomic E-state index is 2.55. The summed E-state index contributed by atoms with van der Waals surface area (Å²) < 4.78 is 0. The Bertz CT molecular complexity index is 150. The van der Waals surface area contributed by atoms with Crippen molar-refractivity contribution in [2.75, 3.05) is 30.3 Å². The van der Waals surface area contributed by atoms with Gasteiger partial charge in [-0.3, -0.25) is 9.16 Å². The highest BCUT2D eigenvalue weighted by Gasteiger charge is 2.36. The van der Waals surface area contributed by atoms with E-state index in [1.165, 1.54) is 12.2 Å². The molecular formula is C10H24S. The summed E-state index contributed by atoms with van der Waals surface area (Å²) in [7, 11) is -1.12. The van der Waals surface area contributed by atoms with Crippen LogP contribution >= 0.6 is 9.16 Å². The lowest BCUT2D eigenvalue weighted by atomic mass is 9.96. The van der Waals surface area contributed by atoms with E-state index in [1.807, 2.05) is 0 Å². The Morgan fingerprint density at radius 2 is 1.73 bits per heavy atom. The van der Waals surface area contributed by atoms with Crippen LogP contribution in [0.2, 0.25) is 0 Å². The van der Waals surface area contributed by atoms with E-state index in [0.29, 0.717) is 0 Å². The first-order valence-corrected chi connectivity index (χ1v) is 8.73. The molecule has 0 spiro atoms. The fourth-order valence-corrected chi connectivity index (χ4v) is 6.05. The van der Waals surface area contributed by atoms with Crippen molar-refractivity contribution in [3.63, 3.8) is 0 Å². The Kier molecular flexibility index (Phi) is 2.07. The predicted molar refractivity (Wildman–Crippen MR) is 59.4 cm³/mol. The van der Waals surface area contributed by atoms with E-state index >= 15 is 0 Å². The normalized spacial score (nSPS) is 38.4. The lowest BCUT2D eigenvalue weighted by Crippen LogP contribution is -2.17. The number of thiol groups is 1. The van der Waals surface area contributed by atoms with Gasteiger partial charge in [0.2, 0.25) is 0 Å². The van der Waals surface area contributed by atoms with Gasteiger partial charge in [0.15, 0.2) is 0 Å². The molecule has 0 aliphatic carbocycles. The summed E-state index contributed by atoms with van der Waals surface area (Å²) in [5.41, 5.74) is 0. The minimum atomic E-state index is -1.12. The molecule has 0 aromatic rings. The quantitative estimate of drug-likeness (QED) is 0.583. The summed E-state index contributed by atoms with van der Waals surface area (Å²) in [6.45, 7) is 4.75. The average molecular weight is 176 g/mol. The monoisotopic (exact) mass is 176 g/mol. The highest BCUT2D eigenvalue weighted by molar-refractivity contribution is 8.48. The second-order valence-corrected chi connectivity index (χ2v) is 13.9. The smallest absolute Gasteiger partial charge is 0.0322 e. The molecule has 1 fully saturated rings. The lowest BCUT2D eigenvalue weighted by molar-refractivity contribution is 0.429. The molecule has 1 atom stereocenters. The zero-order chi connectivity index (χ0) is 8.72. The topological polar surface area (TPSA) is 0 Å². The Morgan fingerprint density at radius 1 is 1.18 bits per heavy atom. The first-order chi connectivity index (χ1) is 4.78. The molecule has 1 heterocycles. The van der Waals surface area contributed by atoms with Crippen molar-refractivity contribution in [1.82, 2.24) is 0 Å². The van der Waals surface area contributed by atoms with Crippen molar-refractivity contribution < 1.29 is 0 Å². The molecule has 1 saturated heterocycles. The van der Waals surface area contributed by atoms with Crippen molar-refractivity contribution in [3.8, 4) is 0 Å². The van der Waals surface area contributed by atoms with Crippen LogP contribution in [0.5, 0.6) is 0 Å². The fraction of sp³-hybridized carbons (Fsp3) is 1.00. The summed E-state index contributed by atoms with van der Waals surface area (Å²) in [5, 5.41) is 0. The van der Waals surface area contributed by atoms with Gasteiger partial charge < -0.3 is 0 Å². The van der Waals surface area contributed by atoms with Gasteiger partial charge in [-0.2, -0.15) is 0 Å². The van der Waals surface area contributed by atoms with Crippen molar-refractivity contribution in [1.29, 1.82) is 0 Å². The Balaban J connectivity index is 2.61. The molecule has 0 amide bonds. The van der Waals surface area contributed by atoms with Crippen LogP contribution in [0.4, 0.5) is 0 Å². The van der Waals surface area contributed by atoms with Crippen molar-refractivity contribution in [3.05, 3.63) is 0 Å². The summed E-state index contributed by atoms with van der Waals surface area (Å²) in [4.78, 5) is 0. The number of hydrogen-bond donors (Lipinski definition) is 1. The zero-order valence-corrected chi connectivity index (χ0v) is 9.62. The van der Waals surface area contributed by atoms with Crippen LogP contribution in [0.25, 0.3) is 0 Å². The van der Waals surface area contributed by atoms with Gasteiger partial charge in [0, 0.05) is 0 Å². The third-order valence-corrected chi connectivity index (χ3v) is 6.92. The molecule has 0 bridgehead atoms. The molecule has 1 aliphatic heterocycles. The van der Waals surface area contributed by atoms with E-state index in [-0.39, 0.29) is 0 Å². The van der Waals surface area contributed by atoms with Gasteiger partial charge in [-0.1, -0.05) is 13.8 Å². The van der Waals surface area contributed by atoms with Crippen molar-refractivity contribution >= 4 is 9.16 Å². The molecular weight excluding hydrogens is 152 g/mol. The van der Waals surface area contributed by atoms with Crippen LogP contribution in [-0.2, 0) is 0 Å². The molecule has 0 nitrogen and oxygen atoms in total. The number of hydrogen-bond acceptors (Lipinski definition) is 0. The van der Waals surface area contributed by atoms with Gasteiger partial charge in [0.05, 0.1) is 0 Å². The SMILES string of the molecule is CC(C)C1CC[SH](C)(C)(C)C1. The number of rotatable bonds is 1. The van der Waals surface area contributed by atoms with Gasteiger partial charge >= 0.3 is 0 Å². The van der Waals surface area contributed by atoms with Gasteiger partial charge in [0.1, 0.15) is 0 Å². The second kappa shape index (κ2) is 2.42. The van der Waals surface area contributed by atoms with Crippen LogP contribution < -0.4 is 0 Å². The van der Waals surface area contributed by atoms with E-state index < -0.39 is 9.16 Å². The Labute approximate surface area is 72.0 Å². The molecule has 11 heavy (non-hydrogen) atoms. The molecule has 1 unspecified atom stereocenters. The summed E-state index contributed by atoms with van der Waals surface area (Å²) in [6.07, 6.45) is 9.15. The van der Waals surface area contributed by atoms with E-state index in [2.05, 4.69) is 32.6 Å². The van der Waals surface area contributed by atoms with E-state index in [9.17, 15) is 0 Å². The van der Waals surface area contributed by atoms with Crippen LogP contribution in [0, 0.1) is 11.8 Å². The molecule has 0 N–H and O–H groups in total. The van der Waals surface area contributed by atoms with E-state index in [0.717, 1.165) is 11.8 Å². The van der Waals surface area contributed by atoms with Gasteiger partial charge in [-0.05, 0) is 48.5 Å². The van der Waals surface area contributed by atoms with E-state index in [1.54, 1.807) is 5.75 Å². The van der Waals surface area contributed by atoms with Gasteiger partial charge in [-0.25, -0.2) is 0 Å². The van der Waals surface area contributed by atoms with Crippen molar-refractivity contribution in [2.24, 2.45) is 11.8 Å². The molecule has 1 aliphatic rings. The summed E-state index contributed by atoms with van der Waals surface area (Å²) in [6, 6.07) is 0. The standard InChI is InChI=1S/C10H24S/c1-9(2)10-6-7-11(3,4,5)8-10/h9-11H,6-8H2,1-5H3. The van der Waals surface area contributed by atoms with E-state index in [4.69, 9.17) is 0 Å². The average Bonchev–Trinajstić information content (AvgIpc) is 2.05. The maximum absolute atomic E-state index is 2.55. The first-order valence-electron chi connectivity index (χ1n) is 4.78. The predicted octanol–water partition coefficient (Wildman–Crippen LogP) is 2.62. The molecule has 0 aromatic heterocycles. The molecule has 0 aromatic carbocycles. The Morgan fingerprint density at radius 3 is 1.91 bits per heavy atom. The fourth-order valence-electron chi connectivity index (χ4n) is 2.24. The zero-order valence-electron chi connectivity index (χ0n) is 8.72. The third kappa shape index (κ3) is 2.40. The maximum Gasteiger partial charge on any atom is -0.0322 e. The lowest BCUT2D eigenvalue weighted by Gasteiger charge is -2.47. The van der Waals surface area contributed by atoms with Crippen LogP contribution in [0.3, 0.4) is 0 Å². The molecule has 0 radical (unpaired) electrons. The van der Waals surface area contributed by atoms with Crippen LogP contribution in [-0.4, -0.2) is 30.3 Å². The van der Waals surface area contributed by atoms with Gasteiger partial charge in [-0.15, -0.1) is 0 Å². The molecule has 1 heteroatoms. The molecule has 0 saturated carbocycles. The molecule has 1 rings (SSSR count). The second-order valence-electron chi connectivity index (χ2n) is 6.16. The Hall–Kier alpha value is 0.350. The minimum Gasteiger partial charge on any atom is -0.290 e. The van der Waals surface area contributed by atoms with Crippen LogP contribution in [0.15, 0.2) is 0 Å². The first kappa shape index (κ1) is 9.44. The van der Waals surface area contributed by atoms with Crippen molar-refractivity contribution in [2.45, 2.75) is 20.3 Å². The summed E-state index contributed by atoms with van der Waals surface area (Å²) >= 11 is 0. The van der Waals surface area contributed by atoms with Crippen LogP contribution in [0.1, 0.15) is 20.3 Å². The minimum absolute atomic E-state index is 0.916. The van der Waals surface area contributed by atoms with Gasteiger partial charge in [0.25, 0.3) is 0 Å². The largest absolute Gasteiger partial charge is 0.290 e.